The molecule has 0 saturated carbocycles. The van der Waals surface area contributed by atoms with Crippen LogP contribution in [0.4, 0.5) is 0 Å². The third-order valence-electron chi connectivity index (χ3n) is 1.85. The lowest BCUT2D eigenvalue weighted by Gasteiger charge is -2.06. The van der Waals surface area contributed by atoms with Gasteiger partial charge in [-0.1, -0.05) is 0 Å². The van der Waals surface area contributed by atoms with Crippen LogP contribution in [0.2, 0.25) is 0 Å². The molecule has 0 saturated heterocycles. The van der Waals surface area contributed by atoms with Crippen LogP contribution in [0.3, 0.4) is 0 Å². The smallest absolute Gasteiger partial charge is 0.0531 e. The molecule has 0 spiro atoms. The molecular weight excluding hydrogens is 186 g/mol. The van der Waals surface area contributed by atoms with Crippen LogP contribution in [0.1, 0.15) is 12.5 Å². The summed E-state index contributed by atoms with van der Waals surface area (Å²) in [6, 6.07) is 0. The van der Waals surface area contributed by atoms with Crippen molar-refractivity contribution in [2.75, 3.05) is 6.54 Å². The topological polar surface area (TPSA) is 60.9 Å². The highest BCUT2D eigenvalue weighted by atomic mass is 32.2. The van der Waals surface area contributed by atoms with Crippen LogP contribution in [-0.4, -0.2) is 25.8 Å². The zero-order valence-corrected chi connectivity index (χ0v) is 8.75. The Hall–Kier alpha value is -0.680. The van der Waals surface area contributed by atoms with E-state index >= 15 is 0 Å². The van der Waals surface area contributed by atoms with Crippen LogP contribution in [0.15, 0.2) is 12.4 Å². The second kappa shape index (κ2) is 4.53. The van der Waals surface area contributed by atoms with Crippen molar-refractivity contribution in [3.05, 3.63) is 18.0 Å². The van der Waals surface area contributed by atoms with Crippen molar-refractivity contribution in [1.29, 1.82) is 0 Å². The fourth-order valence-corrected chi connectivity index (χ4v) is 1.94. The van der Waals surface area contributed by atoms with E-state index in [4.69, 9.17) is 5.73 Å². The van der Waals surface area contributed by atoms with E-state index in [1.54, 1.807) is 10.9 Å². The molecule has 0 aliphatic rings. The van der Waals surface area contributed by atoms with Crippen LogP contribution < -0.4 is 5.73 Å². The van der Waals surface area contributed by atoms with Gasteiger partial charge in [-0.3, -0.25) is 8.89 Å². The molecule has 4 nitrogen and oxygen atoms in total. The van der Waals surface area contributed by atoms with E-state index in [0.717, 1.165) is 5.56 Å². The molecule has 2 atom stereocenters. The Morgan fingerprint density at radius 3 is 2.92 bits per heavy atom. The van der Waals surface area contributed by atoms with E-state index in [0.29, 0.717) is 12.3 Å². The summed E-state index contributed by atoms with van der Waals surface area (Å²) >= 11 is 0. The van der Waals surface area contributed by atoms with Crippen molar-refractivity contribution in [2.24, 2.45) is 12.8 Å². The monoisotopic (exact) mass is 201 g/mol. The minimum absolute atomic E-state index is 0.0557. The molecule has 0 aliphatic carbocycles. The highest BCUT2D eigenvalue weighted by Crippen LogP contribution is 2.04. The lowest BCUT2D eigenvalue weighted by molar-refractivity contribution is 0.672. The van der Waals surface area contributed by atoms with Gasteiger partial charge < -0.3 is 5.73 Å². The fourth-order valence-electron chi connectivity index (χ4n) is 0.960. The molecule has 2 unspecified atom stereocenters. The lowest BCUT2D eigenvalue weighted by Crippen LogP contribution is -2.22. The third kappa shape index (κ3) is 2.93. The Morgan fingerprint density at radius 2 is 2.46 bits per heavy atom. The van der Waals surface area contributed by atoms with Crippen molar-refractivity contribution >= 4 is 10.8 Å². The quantitative estimate of drug-likeness (QED) is 0.747. The first kappa shape index (κ1) is 10.4. The van der Waals surface area contributed by atoms with Crippen LogP contribution in [0.25, 0.3) is 0 Å². The first-order chi connectivity index (χ1) is 6.13. The Labute approximate surface area is 80.6 Å². The molecule has 74 valence electrons. The van der Waals surface area contributed by atoms with Gasteiger partial charge in [0.1, 0.15) is 0 Å². The summed E-state index contributed by atoms with van der Waals surface area (Å²) in [6.07, 6.45) is 3.61. The van der Waals surface area contributed by atoms with Crippen molar-refractivity contribution in [3.63, 3.8) is 0 Å². The number of aryl methyl sites for hydroxylation is 1. The molecule has 0 radical (unpaired) electrons. The van der Waals surface area contributed by atoms with Gasteiger partial charge in [-0.05, 0) is 6.92 Å². The molecule has 1 aromatic rings. The van der Waals surface area contributed by atoms with E-state index in [1.807, 2.05) is 20.2 Å². The first-order valence-corrected chi connectivity index (χ1v) is 5.56. The van der Waals surface area contributed by atoms with Crippen molar-refractivity contribution in [2.45, 2.75) is 17.9 Å². The lowest BCUT2D eigenvalue weighted by atomic mass is 10.4. The van der Waals surface area contributed by atoms with E-state index in [9.17, 15) is 4.21 Å². The molecule has 13 heavy (non-hydrogen) atoms. The second-order valence-electron chi connectivity index (χ2n) is 3.09. The predicted octanol–water partition coefficient (Wildman–Crippen LogP) is 0.0160. The third-order valence-corrected chi connectivity index (χ3v) is 3.56. The van der Waals surface area contributed by atoms with Gasteiger partial charge in [0.25, 0.3) is 0 Å². The highest BCUT2D eigenvalue weighted by Gasteiger charge is 2.10. The molecule has 0 bridgehead atoms. The Morgan fingerprint density at radius 1 is 1.77 bits per heavy atom. The molecule has 0 aromatic carbocycles. The van der Waals surface area contributed by atoms with Gasteiger partial charge in [-0.25, -0.2) is 0 Å². The predicted molar refractivity (Wildman–Crippen MR) is 53.6 cm³/mol. The van der Waals surface area contributed by atoms with Gasteiger partial charge >= 0.3 is 0 Å². The number of hydrogen-bond acceptors (Lipinski definition) is 3. The molecule has 0 amide bonds. The normalized spacial score (nSPS) is 15.6. The van der Waals surface area contributed by atoms with Gasteiger partial charge in [0.15, 0.2) is 0 Å². The summed E-state index contributed by atoms with van der Waals surface area (Å²) in [6.45, 7) is 2.36. The molecule has 2 N–H and O–H groups in total. The molecule has 5 heteroatoms. The van der Waals surface area contributed by atoms with Gasteiger partial charge in [0.2, 0.25) is 0 Å². The van der Waals surface area contributed by atoms with Crippen molar-refractivity contribution < 1.29 is 4.21 Å². The van der Waals surface area contributed by atoms with E-state index in [2.05, 4.69) is 5.10 Å². The summed E-state index contributed by atoms with van der Waals surface area (Å²) in [5, 5.41) is 4.06. The summed E-state index contributed by atoms with van der Waals surface area (Å²) < 4.78 is 13.3. The second-order valence-corrected chi connectivity index (χ2v) is 4.95. The SMILES string of the molecule is CC(CN)S(=O)Cc1cnn(C)c1. The Bertz CT molecular complexity index is 297. The number of hydrogen-bond donors (Lipinski definition) is 1. The summed E-state index contributed by atoms with van der Waals surface area (Å²) in [5.74, 6) is 0.548. The molecule has 1 rings (SSSR count). The first-order valence-electron chi connectivity index (χ1n) is 4.18. The summed E-state index contributed by atoms with van der Waals surface area (Å²) in [4.78, 5) is 0. The number of aromatic nitrogens is 2. The van der Waals surface area contributed by atoms with Crippen LogP contribution >= 0.6 is 0 Å². The number of nitrogens with zero attached hydrogens (tertiary/aromatic N) is 2. The number of rotatable bonds is 4. The maximum absolute atomic E-state index is 11.5. The summed E-state index contributed by atoms with van der Waals surface area (Å²) in [7, 11) is 0.965. The van der Waals surface area contributed by atoms with Crippen LogP contribution in [0.5, 0.6) is 0 Å². The highest BCUT2D eigenvalue weighted by molar-refractivity contribution is 7.84. The average molecular weight is 201 g/mol. The average Bonchev–Trinajstić information content (AvgIpc) is 2.49. The standard InChI is InChI=1S/C8H15N3OS/c1-7(3-9)13(12)6-8-4-10-11(2)5-8/h4-5,7H,3,6,9H2,1-2H3. The molecule has 0 fully saturated rings. The van der Waals surface area contributed by atoms with Gasteiger partial charge in [0.05, 0.1) is 11.9 Å². The van der Waals surface area contributed by atoms with E-state index < -0.39 is 10.8 Å². The molecular formula is C8H15N3OS. The van der Waals surface area contributed by atoms with Crippen molar-refractivity contribution in [3.8, 4) is 0 Å². The van der Waals surface area contributed by atoms with E-state index in [1.165, 1.54) is 0 Å². The summed E-state index contributed by atoms with van der Waals surface area (Å²) in [5.41, 5.74) is 6.42. The minimum atomic E-state index is -0.881. The zero-order valence-electron chi connectivity index (χ0n) is 7.93. The van der Waals surface area contributed by atoms with Gasteiger partial charge in [0, 0.05) is 41.4 Å². The Balaban J connectivity index is 2.54. The Kier molecular flexibility index (Phi) is 3.62. The maximum atomic E-state index is 11.5. The zero-order chi connectivity index (χ0) is 9.84. The van der Waals surface area contributed by atoms with E-state index in [-0.39, 0.29) is 5.25 Å². The molecule has 0 aliphatic heterocycles. The fraction of sp³-hybridized carbons (Fsp3) is 0.625. The molecule has 1 aromatic heterocycles. The number of nitrogens with two attached hydrogens (primary N) is 1. The molecule has 1 heterocycles. The van der Waals surface area contributed by atoms with Crippen LogP contribution in [-0.2, 0) is 23.6 Å². The maximum Gasteiger partial charge on any atom is 0.0531 e. The van der Waals surface area contributed by atoms with Crippen LogP contribution in [0, 0.1) is 0 Å². The van der Waals surface area contributed by atoms with Gasteiger partial charge in [-0.15, -0.1) is 0 Å². The minimum Gasteiger partial charge on any atom is -0.329 e. The van der Waals surface area contributed by atoms with Gasteiger partial charge in [-0.2, -0.15) is 5.10 Å². The largest absolute Gasteiger partial charge is 0.329 e. The van der Waals surface area contributed by atoms with Crippen molar-refractivity contribution in [1.82, 2.24) is 9.78 Å².